The number of imidazole rings is 1. The van der Waals surface area contributed by atoms with Crippen molar-refractivity contribution in [2.24, 2.45) is 5.92 Å². The zero-order valence-electron chi connectivity index (χ0n) is 20.6. The van der Waals surface area contributed by atoms with Gasteiger partial charge in [0.25, 0.3) is 0 Å². The molecule has 2 unspecified atom stereocenters. The molecular formula is C27H40N4O2. The van der Waals surface area contributed by atoms with Gasteiger partial charge >= 0.3 is 0 Å². The first-order valence-electron chi connectivity index (χ1n) is 13.2. The van der Waals surface area contributed by atoms with Crippen LogP contribution in [0.5, 0.6) is 0 Å². The summed E-state index contributed by atoms with van der Waals surface area (Å²) < 4.78 is 8.49. The van der Waals surface area contributed by atoms with E-state index in [1.165, 1.54) is 35.9 Å². The van der Waals surface area contributed by atoms with Crippen LogP contribution < -0.4 is 10.2 Å². The maximum atomic E-state index is 13.1. The molecule has 180 valence electrons. The average Bonchev–Trinajstić information content (AvgIpc) is 3.36. The number of amides is 1. The van der Waals surface area contributed by atoms with Crippen LogP contribution in [0.2, 0.25) is 0 Å². The Labute approximate surface area is 198 Å². The number of rotatable bonds is 7. The van der Waals surface area contributed by atoms with Crippen LogP contribution in [0.25, 0.3) is 11.0 Å². The summed E-state index contributed by atoms with van der Waals surface area (Å²) in [6.07, 6.45) is 10.1. The fraction of sp³-hybridized carbons (Fsp3) is 0.704. The van der Waals surface area contributed by atoms with E-state index in [0.717, 1.165) is 69.7 Å². The van der Waals surface area contributed by atoms with Gasteiger partial charge in [-0.15, -0.1) is 0 Å². The Morgan fingerprint density at radius 2 is 1.79 bits per heavy atom. The molecule has 3 aliphatic rings. The minimum atomic E-state index is 0.0969. The first kappa shape index (κ1) is 22.7. The Kier molecular flexibility index (Phi) is 6.64. The van der Waals surface area contributed by atoms with Crippen molar-refractivity contribution in [1.82, 2.24) is 14.9 Å². The molecule has 2 atom stereocenters. The minimum absolute atomic E-state index is 0.0969. The zero-order valence-corrected chi connectivity index (χ0v) is 20.6. The van der Waals surface area contributed by atoms with Crippen LogP contribution in [0.3, 0.4) is 0 Å². The Balaban J connectivity index is 1.26. The number of ether oxygens (including phenoxy) is 1. The molecule has 1 amide bonds. The van der Waals surface area contributed by atoms with Gasteiger partial charge in [-0.25, -0.2) is 4.98 Å². The Morgan fingerprint density at radius 1 is 1.06 bits per heavy atom. The molecule has 2 heterocycles. The smallest absolute Gasteiger partial charge is 0.223 e. The maximum Gasteiger partial charge on any atom is 0.223 e. The summed E-state index contributed by atoms with van der Waals surface area (Å²) in [4.78, 5) is 20.6. The topological polar surface area (TPSA) is 59.4 Å². The van der Waals surface area contributed by atoms with Crippen LogP contribution in [-0.4, -0.2) is 47.3 Å². The third-order valence-corrected chi connectivity index (χ3v) is 8.19. The summed E-state index contributed by atoms with van der Waals surface area (Å²) in [5.74, 6) is 1.44. The largest absolute Gasteiger partial charge is 0.376 e. The number of benzene rings is 1. The number of carbonyl (C=O) groups is 1. The van der Waals surface area contributed by atoms with Crippen molar-refractivity contribution in [2.45, 2.75) is 96.7 Å². The third kappa shape index (κ3) is 4.51. The number of nitrogens with one attached hydrogen (secondary N) is 1. The van der Waals surface area contributed by atoms with Crippen LogP contribution in [-0.2, 0) is 9.53 Å². The fourth-order valence-electron chi connectivity index (χ4n) is 5.77. The van der Waals surface area contributed by atoms with Gasteiger partial charge in [0.15, 0.2) is 0 Å². The molecule has 1 aliphatic heterocycles. The van der Waals surface area contributed by atoms with Gasteiger partial charge in [-0.2, -0.15) is 0 Å². The van der Waals surface area contributed by atoms with Gasteiger partial charge in [0.2, 0.25) is 11.9 Å². The first-order chi connectivity index (χ1) is 16.0. The summed E-state index contributed by atoms with van der Waals surface area (Å²) >= 11 is 0. The molecule has 2 aliphatic carbocycles. The highest BCUT2D eigenvalue weighted by atomic mass is 16.5. The maximum absolute atomic E-state index is 13.1. The van der Waals surface area contributed by atoms with E-state index < -0.39 is 0 Å². The summed E-state index contributed by atoms with van der Waals surface area (Å²) in [6.45, 7) is 9.08. The molecule has 2 saturated carbocycles. The van der Waals surface area contributed by atoms with E-state index in [1.807, 2.05) is 0 Å². The monoisotopic (exact) mass is 452 g/mol. The molecule has 5 rings (SSSR count). The average molecular weight is 453 g/mol. The molecule has 0 bridgehead atoms. The van der Waals surface area contributed by atoms with Crippen molar-refractivity contribution in [3.63, 3.8) is 0 Å². The quantitative estimate of drug-likeness (QED) is 0.638. The number of anilines is 1. The molecule has 33 heavy (non-hydrogen) atoms. The van der Waals surface area contributed by atoms with Crippen molar-refractivity contribution in [1.29, 1.82) is 0 Å². The van der Waals surface area contributed by atoms with Crippen molar-refractivity contribution in [2.75, 3.05) is 24.6 Å². The first-order valence-corrected chi connectivity index (χ1v) is 13.2. The highest BCUT2D eigenvalue weighted by molar-refractivity contribution is 5.82. The van der Waals surface area contributed by atoms with Gasteiger partial charge in [-0.3, -0.25) is 4.79 Å². The van der Waals surface area contributed by atoms with Gasteiger partial charge in [0.1, 0.15) is 0 Å². The van der Waals surface area contributed by atoms with Crippen LogP contribution in [0.1, 0.15) is 81.9 Å². The van der Waals surface area contributed by atoms with Crippen LogP contribution in [0.4, 0.5) is 5.95 Å². The molecule has 6 nitrogen and oxygen atoms in total. The van der Waals surface area contributed by atoms with E-state index in [9.17, 15) is 4.79 Å². The van der Waals surface area contributed by atoms with Gasteiger partial charge in [0.05, 0.1) is 23.2 Å². The summed E-state index contributed by atoms with van der Waals surface area (Å²) in [5.41, 5.74) is 5.02. The molecular weight excluding hydrogens is 412 g/mol. The van der Waals surface area contributed by atoms with Crippen molar-refractivity contribution < 1.29 is 9.53 Å². The van der Waals surface area contributed by atoms with Crippen molar-refractivity contribution in [3.8, 4) is 0 Å². The third-order valence-electron chi connectivity index (χ3n) is 8.19. The number of carbonyl (C=O) groups excluding carboxylic acids is 1. The number of hydrogen-bond acceptors (Lipinski definition) is 4. The summed E-state index contributed by atoms with van der Waals surface area (Å²) in [5, 5.41) is 3.34. The van der Waals surface area contributed by atoms with E-state index in [2.05, 4.69) is 47.7 Å². The molecule has 1 N–H and O–H groups in total. The number of aromatic nitrogens is 2. The van der Waals surface area contributed by atoms with Gasteiger partial charge in [-0.1, -0.05) is 6.92 Å². The lowest BCUT2D eigenvalue weighted by Gasteiger charge is -2.36. The van der Waals surface area contributed by atoms with Crippen molar-refractivity contribution >= 4 is 22.9 Å². The standard InChI is InChI=1S/C27H40N4O2/c1-4-15-33-25-10-6-9-22(25)28-26(32)20-11-13-30(14-12-20)27-29-23-16-18(2)19(3)17-24(23)31(27)21-7-5-8-21/h16-17,20-22,25H,4-15H2,1-3H3,(H,28,32). The lowest BCUT2D eigenvalue weighted by molar-refractivity contribution is -0.127. The molecule has 6 heteroatoms. The molecule has 0 spiro atoms. The molecule has 3 fully saturated rings. The van der Waals surface area contributed by atoms with E-state index in [1.54, 1.807) is 0 Å². The molecule has 1 saturated heterocycles. The Morgan fingerprint density at radius 3 is 2.48 bits per heavy atom. The summed E-state index contributed by atoms with van der Waals surface area (Å²) in [6, 6.07) is 5.31. The van der Waals surface area contributed by atoms with Gasteiger partial charge in [-0.05, 0) is 94.9 Å². The summed E-state index contributed by atoms with van der Waals surface area (Å²) in [7, 11) is 0. The van der Waals surface area contributed by atoms with Crippen molar-refractivity contribution in [3.05, 3.63) is 23.3 Å². The second kappa shape index (κ2) is 9.65. The minimum Gasteiger partial charge on any atom is -0.376 e. The lowest BCUT2D eigenvalue weighted by atomic mass is 9.92. The fourth-order valence-corrected chi connectivity index (χ4v) is 5.77. The lowest BCUT2D eigenvalue weighted by Crippen LogP contribution is -2.47. The predicted molar refractivity (Wildman–Crippen MR) is 133 cm³/mol. The van der Waals surface area contributed by atoms with Crippen LogP contribution in [0.15, 0.2) is 12.1 Å². The number of nitrogens with zero attached hydrogens (tertiary/aromatic N) is 3. The zero-order chi connectivity index (χ0) is 22.9. The molecule has 0 radical (unpaired) electrons. The Bertz CT molecular complexity index is 988. The van der Waals surface area contributed by atoms with Crippen LogP contribution >= 0.6 is 0 Å². The van der Waals surface area contributed by atoms with E-state index in [-0.39, 0.29) is 24.0 Å². The normalized spacial score (nSPS) is 24.4. The van der Waals surface area contributed by atoms with Crippen LogP contribution in [0, 0.1) is 19.8 Å². The van der Waals surface area contributed by atoms with E-state index >= 15 is 0 Å². The predicted octanol–water partition coefficient (Wildman–Crippen LogP) is 5.06. The SMILES string of the molecule is CCCOC1CCCC1NC(=O)C1CCN(c2nc3cc(C)c(C)cc3n2C2CCC2)CC1. The number of hydrogen-bond donors (Lipinski definition) is 1. The molecule has 1 aromatic heterocycles. The number of piperidine rings is 1. The number of aryl methyl sites for hydroxylation is 2. The molecule has 1 aromatic carbocycles. The number of fused-ring (bicyclic) bond motifs is 1. The van der Waals surface area contributed by atoms with Gasteiger partial charge in [0, 0.05) is 31.7 Å². The van der Waals surface area contributed by atoms with Gasteiger partial charge < -0.3 is 19.5 Å². The second-order valence-electron chi connectivity index (χ2n) is 10.5. The van der Waals surface area contributed by atoms with E-state index in [0.29, 0.717) is 6.04 Å². The molecule has 2 aromatic rings. The highest BCUT2D eigenvalue weighted by Crippen LogP contribution is 2.39. The van der Waals surface area contributed by atoms with E-state index in [4.69, 9.17) is 9.72 Å². The second-order valence-corrected chi connectivity index (χ2v) is 10.5. The highest BCUT2D eigenvalue weighted by Gasteiger charge is 2.34. The Hall–Kier alpha value is -2.08.